The van der Waals surface area contributed by atoms with E-state index in [2.05, 4.69) is 5.32 Å². The second-order valence-corrected chi connectivity index (χ2v) is 4.91. The van der Waals surface area contributed by atoms with E-state index in [-0.39, 0.29) is 18.8 Å². The van der Waals surface area contributed by atoms with Gasteiger partial charge in [-0.3, -0.25) is 4.79 Å². The van der Waals surface area contributed by atoms with Crippen LogP contribution < -0.4 is 15.2 Å². The van der Waals surface area contributed by atoms with Gasteiger partial charge in [0.2, 0.25) is 0 Å². The molecule has 0 radical (unpaired) electrons. The molecule has 6 heteroatoms. The number of phenolic OH excluding ortho intramolecular Hbond substituents is 1. The maximum atomic E-state index is 11.8. The van der Waals surface area contributed by atoms with Crippen molar-refractivity contribution in [2.45, 2.75) is 12.5 Å². The van der Waals surface area contributed by atoms with E-state index in [1.54, 1.807) is 36.4 Å². The highest BCUT2D eigenvalue weighted by Crippen LogP contribution is 2.11. The molecular weight excluding hydrogens is 298 g/mol. The van der Waals surface area contributed by atoms with E-state index < -0.39 is 17.9 Å². The summed E-state index contributed by atoms with van der Waals surface area (Å²) in [5.74, 6) is -1.34. The van der Waals surface area contributed by atoms with Crippen LogP contribution in [0.4, 0.5) is 0 Å². The number of rotatable bonds is 7. The zero-order chi connectivity index (χ0) is 16.7. The maximum Gasteiger partial charge on any atom is 0.258 e. The van der Waals surface area contributed by atoms with Crippen LogP contribution in [0.3, 0.4) is 0 Å². The molecule has 23 heavy (non-hydrogen) atoms. The Morgan fingerprint density at radius 2 is 1.74 bits per heavy atom. The predicted octanol–water partition coefficient (Wildman–Crippen LogP) is 0.248. The number of aromatic hydroxyl groups is 1. The second-order valence-electron chi connectivity index (χ2n) is 4.91. The zero-order valence-corrected chi connectivity index (χ0v) is 12.3. The number of carbonyl (C=O) groups excluding carboxylic acids is 2. The lowest BCUT2D eigenvalue weighted by Crippen LogP contribution is -2.50. The van der Waals surface area contributed by atoms with Gasteiger partial charge in [0, 0.05) is 0 Å². The van der Waals surface area contributed by atoms with Crippen molar-refractivity contribution < 1.29 is 24.5 Å². The quantitative estimate of drug-likeness (QED) is 0.763. The lowest BCUT2D eigenvalue weighted by Gasteiger charge is -2.20. The Labute approximate surface area is 133 Å². The summed E-state index contributed by atoms with van der Waals surface area (Å²) < 4.78 is 5.26. The van der Waals surface area contributed by atoms with Gasteiger partial charge in [-0.2, -0.15) is 0 Å². The molecule has 2 rings (SSSR count). The summed E-state index contributed by atoms with van der Waals surface area (Å²) in [6, 6.07) is 13.6. The fourth-order valence-corrected chi connectivity index (χ4v) is 1.96. The van der Waals surface area contributed by atoms with Gasteiger partial charge < -0.3 is 25.1 Å². The van der Waals surface area contributed by atoms with Gasteiger partial charge in [-0.15, -0.1) is 0 Å². The third-order valence-electron chi connectivity index (χ3n) is 3.11. The number of benzene rings is 2. The number of amides is 1. The summed E-state index contributed by atoms with van der Waals surface area (Å²) in [4.78, 5) is 23.0. The average Bonchev–Trinajstić information content (AvgIpc) is 2.55. The van der Waals surface area contributed by atoms with Gasteiger partial charge in [-0.25, -0.2) is 0 Å². The molecule has 0 spiro atoms. The Hall–Kier alpha value is -3.02. The van der Waals surface area contributed by atoms with Crippen molar-refractivity contribution in [2.24, 2.45) is 0 Å². The number of hydrogen-bond donors (Lipinski definition) is 2. The summed E-state index contributed by atoms with van der Waals surface area (Å²) in [7, 11) is 0. The Balaban J connectivity index is 1.89. The molecule has 0 aliphatic heterocycles. The van der Waals surface area contributed by atoms with Crippen molar-refractivity contribution in [2.75, 3.05) is 6.61 Å². The Bertz CT molecular complexity index is 654. The Kier molecular flexibility index (Phi) is 5.57. The van der Waals surface area contributed by atoms with E-state index in [0.29, 0.717) is 11.3 Å². The number of nitrogens with one attached hydrogen (secondary N) is 1. The first-order chi connectivity index (χ1) is 11.0. The molecule has 0 bridgehead atoms. The van der Waals surface area contributed by atoms with Crippen LogP contribution in [-0.2, 0) is 16.0 Å². The SMILES string of the molecule is O=C(COc1ccccc1)N[C@H](Cc1ccc(O)cc1)C(=O)[O-]. The lowest BCUT2D eigenvalue weighted by molar-refractivity contribution is -0.308. The Morgan fingerprint density at radius 3 is 2.35 bits per heavy atom. The zero-order valence-electron chi connectivity index (χ0n) is 12.3. The molecule has 2 N–H and O–H groups in total. The fraction of sp³-hybridized carbons (Fsp3) is 0.176. The van der Waals surface area contributed by atoms with E-state index in [0.717, 1.165) is 0 Å². The molecule has 120 valence electrons. The monoisotopic (exact) mass is 314 g/mol. The van der Waals surface area contributed by atoms with Gasteiger partial charge in [0.1, 0.15) is 11.5 Å². The van der Waals surface area contributed by atoms with Crippen molar-refractivity contribution in [1.29, 1.82) is 0 Å². The maximum absolute atomic E-state index is 11.8. The molecule has 1 amide bonds. The van der Waals surface area contributed by atoms with Crippen LogP contribution in [0, 0.1) is 0 Å². The molecule has 1 atom stereocenters. The number of carboxylic acids is 1. The van der Waals surface area contributed by atoms with Crippen LogP contribution >= 0.6 is 0 Å². The highest BCUT2D eigenvalue weighted by molar-refractivity contribution is 5.83. The summed E-state index contributed by atoms with van der Waals surface area (Å²) in [6.07, 6.45) is 0.0552. The summed E-state index contributed by atoms with van der Waals surface area (Å²) in [6.45, 7) is -0.288. The van der Waals surface area contributed by atoms with E-state index in [1.165, 1.54) is 12.1 Å². The largest absolute Gasteiger partial charge is 0.548 e. The van der Waals surface area contributed by atoms with Crippen LogP contribution in [0.5, 0.6) is 11.5 Å². The molecule has 2 aromatic rings. The molecule has 2 aromatic carbocycles. The Morgan fingerprint density at radius 1 is 1.09 bits per heavy atom. The van der Waals surface area contributed by atoms with E-state index >= 15 is 0 Å². The van der Waals surface area contributed by atoms with E-state index in [9.17, 15) is 19.8 Å². The normalized spacial score (nSPS) is 11.5. The number of carboxylic acid groups (broad SMARTS) is 1. The van der Waals surface area contributed by atoms with Crippen molar-refractivity contribution in [3.05, 3.63) is 60.2 Å². The van der Waals surface area contributed by atoms with Gasteiger partial charge in [0.05, 0.1) is 12.0 Å². The number of hydrogen-bond acceptors (Lipinski definition) is 5. The third-order valence-corrected chi connectivity index (χ3v) is 3.11. The number of para-hydroxylation sites is 1. The van der Waals surface area contributed by atoms with Crippen LogP contribution in [0.25, 0.3) is 0 Å². The number of phenols is 1. The fourth-order valence-electron chi connectivity index (χ4n) is 1.96. The first kappa shape index (κ1) is 16.4. The molecule has 0 aromatic heterocycles. The van der Waals surface area contributed by atoms with Crippen LogP contribution in [0.2, 0.25) is 0 Å². The van der Waals surface area contributed by atoms with Crippen molar-refractivity contribution >= 4 is 11.9 Å². The highest BCUT2D eigenvalue weighted by atomic mass is 16.5. The summed E-state index contributed by atoms with van der Waals surface area (Å²) in [5.41, 5.74) is 0.654. The van der Waals surface area contributed by atoms with Crippen LogP contribution in [0.15, 0.2) is 54.6 Å². The molecular formula is C17H16NO5-. The molecule has 0 saturated heterocycles. The highest BCUT2D eigenvalue weighted by Gasteiger charge is 2.14. The van der Waals surface area contributed by atoms with Crippen molar-refractivity contribution in [3.63, 3.8) is 0 Å². The molecule has 0 heterocycles. The summed E-state index contributed by atoms with van der Waals surface area (Å²) in [5, 5.41) is 22.7. The second kappa shape index (κ2) is 7.84. The lowest BCUT2D eigenvalue weighted by atomic mass is 10.1. The van der Waals surface area contributed by atoms with E-state index in [1.807, 2.05) is 6.07 Å². The average molecular weight is 314 g/mol. The molecule has 0 unspecified atom stereocenters. The van der Waals surface area contributed by atoms with Crippen LogP contribution in [-0.4, -0.2) is 29.6 Å². The minimum atomic E-state index is -1.38. The number of aliphatic carboxylic acids is 1. The summed E-state index contributed by atoms with van der Waals surface area (Å²) >= 11 is 0. The van der Waals surface area contributed by atoms with Gasteiger partial charge in [-0.1, -0.05) is 30.3 Å². The molecule has 0 aliphatic carbocycles. The molecule has 0 aliphatic rings. The number of ether oxygens (including phenoxy) is 1. The minimum absolute atomic E-state index is 0.0552. The smallest absolute Gasteiger partial charge is 0.258 e. The number of carbonyl (C=O) groups is 2. The van der Waals surface area contributed by atoms with Crippen molar-refractivity contribution in [1.82, 2.24) is 5.32 Å². The third kappa shape index (κ3) is 5.35. The topological polar surface area (TPSA) is 98.7 Å². The molecule has 0 fully saturated rings. The first-order valence-corrected chi connectivity index (χ1v) is 7.00. The van der Waals surface area contributed by atoms with Gasteiger partial charge in [0.15, 0.2) is 6.61 Å². The molecule has 6 nitrogen and oxygen atoms in total. The van der Waals surface area contributed by atoms with Gasteiger partial charge >= 0.3 is 0 Å². The van der Waals surface area contributed by atoms with E-state index in [4.69, 9.17) is 4.74 Å². The predicted molar refractivity (Wildman–Crippen MR) is 80.7 cm³/mol. The van der Waals surface area contributed by atoms with Gasteiger partial charge in [-0.05, 0) is 36.2 Å². The van der Waals surface area contributed by atoms with Crippen LogP contribution in [0.1, 0.15) is 5.56 Å². The molecule has 0 saturated carbocycles. The first-order valence-electron chi connectivity index (χ1n) is 7.00. The van der Waals surface area contributed by atoms with Gasteiger partial charge in [0.25, 0.3) is 5.91 Å². The van der Waals surface area contributed by atoms with Crippen molar-refractivity contribution in [3.8, 4) is 11.5 Å². The standard InChI is InChI=1S/C17H17NO5/c19-13-8-6-12(7-9-13)10-15(17(21)22)18-16(20)11-23-14-4-2-1-3-5-14/h1-9,15,19H,10-11H2,(H,18,20)(H,21,22)/p-1/t15-/m1/s1. The minimum Gasteiger partial charge on any atom is -0.548 e.